The molecule has 144 valence electrons. The van der Waals surface area contributed by atoms with Crippen molar-refractivity contribution in [3.05, 3.63) is 69.8 Å². The van der Waals surface area contributed by atoms with Gasteiger partial charge in [-0.3, -0.25) is 9.59 Å². The van der Waals surface area contributed by atoms with Crippen LogP contribution < -0.4 is 4.90 Å². The summed E-state index contributed by atoms with van der Waals surface area (Å²) in [5, 5.41) is 1.14. The third-order valence-electron chi connectivity index (χ3n) is 5.38. The first-order valence-electron chi connectivity index (χ1n) is 9.35. The van der Waals surface area contributed by atoms with Crippen molar-refractivity contribution in [2.24, 2.45) is 5.92 Å². The van der Waals surface area contributed by atoms with Crippen molar-refractivity contribution in [3.63, 3.8) is 0 Å². The van der Waals surface area contributed by atoms with E-state index in [1.165, 1.54) is 4.90 Å². The van der Waals surface area contributed by atoms with Gasteiger partial charge in [0.25, 0.3) is 11.8 Å². The summed E-state index contributed by atoms with van der Waals surface area (Å²) < 4.78 is 0. The molecular weight excluding hydrogens is 395 g/mol. The fourth-order valence-corrected chi connectivity index (χ4v) is 4.00. The SMILES string of the molecule is CC1CCN(C2=C(c3ccc(Cl)cc3)C(=O)N(c3ccc(Cl)cc3)C2=O)CC1. The molecule has 0 unspecified atom stereocenters. The average Bonchev–Trinajstić information content (AvgIpc) is 2.94. The van der Waals surface area contributed by atoms with Gasteiger partial charge in [-0.1, -0.05) is 42.3 Å². The summed E-state index contributed by atoms with van der Waals surface area (Å²) in [6.07, 6.45) is 2.00. The van der Waals surface area contributed by atoms with Crippen LogP contribution in [0.3, 0.4) is 0 Å². The normalized spacial score (nSPS) is 18.4. The van der Waals surface area contributed by atoms with Crippen molar-refractivity contribution in [2.45, 2.75) is 19.8 Å². The Morgan fingerprint density at radius 1 is 0.821 bits per heavy atom. The van der Waals surface area contributed by atoms with Gasteiger partial charge in [0.15, 0.2) is 0 Å². The van der Waals surface area contributed by atoms with Gasteiger partial charge in [0, 0.05) is 23.1 Å². The van der Waals surface area contributed by atoms with Crippen LogP contribution in [0, 0.1) is 5.92 Å². The van der Waals surface area contributed by atoms with E-state index in [2.05, 4.69) is 11.8 Å². The van der Waals surface area contributed by atoms with Gasteiger partial charge in [-0.2, -0.15) is 0 Å². The highest BCUT2D eigenvalue weighted by Gasteiger charge is 2.42. The lowest BCUT2D eigenvalue weighted by atomic mass is 9.97. The predicted octanol–water partition coefficient (Wildman–Crippen LogP) is 5.01. The van der Waals surface area contributed by atoms with Crippen LogP contribution in [0.15, 0.2) is 54.2 Å². The van der Waals surface area contributed by atoms with E-state index in [4.69, 9.17) is 23.2 Å². The number of amides is 2. The Hall–Kier alpha value is -2.30. The first-order chi connectivity index (χ1) is 13.5. The maximum Gasteiger partial charge on any atom is 0.282 e. The van der Waals surface area contributed by atoms with Crippen LogP contribution in [0.25, 0.3) is 5.57 Å². The Morgan fingerprint density at radius 2 is 1.36 bits per heavy atom. The minimum atomic E-state index is -0.316. The maximum absolute atomic E-state index is 13.4. The van der Waals surface area contributed by atoms with E-state index in [9.17, 15) is 9.59 Å². The molecule has 2 heterocycles. The summed E-state index contributed by atoms with van der Waals surface area (Å²) in [6.45, 7) is 3.75. The smallest absolute Gasteiger partial charge is 0.282 e. The Labute approximate surface area is 174 Å². The molecule has 2 aliphatic heterocycles. The molecule has 28 heavy (non-hydrogen) atoms. The molecule has 2 aromatic rings. The summed E-state index contributed by atoms with van der Waals surface area (Å²) in [5.41, 5.74) is 2.14. The molecular formula is C22H20Cl2N2O2. The van der Waals surface area contributed by atoms with Crippen LogP contribution in [-0.2, 0) is 9.59 Å². The Bertz CT molecular complexity index is 944. The second-order valence-electron chi connectivity index (χ2n) is 7.32. The lowest BCUT2D eigenvalue weighted by molar-refractivity contribution is -0.120. The number of anilines is 1. The molecule has 2 aromatic carbocycles. The number of hydrogen-bond donors (Lipinski definition) is 0. The van der Waals surface area contributed by atoms with Crippen molar-refractivity contribution >= 4 is 46.3 Å². The fourth-order valence-electron chi connectivity index (χ4n) is 3.75. The maximum atomic E-state index is 13.4. The van der Waals surface area contributed by atoms with Crippen molar-refractivity contribution < 1.29 is 9.59 Å². The third-order valence-corrected chi connectivity index (χ3v) is 5.88. The second-order valence-corrected chi connectivity index (χ2v) is 8.20. The average molecular weight is 415 g/mol. The van der Waals surface area contributed by atoms with E-state index < -0.39 is 0 Å². The number of nitrogens with zero attached hydrogens (tertiary/aromatic N) is 2. The standard InChI is InChI=1S/C22H20Cl2N2O2/c1-14-10-12-25(13-11-14)20-19(15-2-4-16(23)5-3-15)21(27)26(22(20)28)18-8-6-17(24)7-9-18/h2-9,14H,10-13H2,1H3. The first-order valence-corrected chi connectivity index (χ1v) is 10.1. The number of carbonyl (C=O) groups is 2. The summed E-state index contributed by atoms with van der Waals surface area (Å²) >= 11 is 12.0. The second kappa shape index (κ2) is 7.61. The molecule has 1 fully saturated rings. The topological polar surface area (TPSA) is 40.6 Å². The van der Waals surface area contributed by atoms with E-state index in [1.807, 2.05) is 0 Å². The quantitative estimate of drug-likeness (QED) is 0.662. The highest BCUT2D eigenvalue weighted by Crippen LogP contribution is 2.36. The number of benzene rings is 2. The van der Waals surface area contributed by atoms with Crippen LogP contribution in [0.1, 0.15) is 25.3 Å². The van der Waals surface area contributed by atoms with Gasteiger partial charge in [0.1, 0.15) is 5.70 Å². The number of imide groups is 1. The van der Waals surface area contributed by atoms with Crippen molar-refractivity contribution in [1.82, 2.24) is 4.90 Å². The van der Waals surface area contributed by atoms with Crippen LogP contribution in [0.2, 0.25) is 10.0 Å². The van der Waals surface area contributed by atoms with Crippen molar-refractivity contribution in [3.8, 4) is 0 Å². The lowest BCUT2D eigenvalue weighted by Gasteiger charge is -2.32. The molecule has 4 rings (SSSR count). The minimum absolute atomic E-state index is 0.285. The Kier molecular flexibility index (Phi) is 5.17. The van der Waals surface area contributed by atoms with E-state index in [1.54, 1.807) is 48.5 Å². The molecule has 6 heteroatoms. The molecule has 0 saturated carbocycles. The van der Waals surface area contributed by atoms with Gasteiger partial charge >= 0.3 is 0 Å². The zero-order valence-electron chi connectivity index (χ0n) is 15.5. The highest BCUT2D eigenvalue weighted by atomic mass is 35.5. The van der Waals surface area contributed by atoms with Gasteiger partial charge in [0.05, 0.1) is 11.3 Å². The van der Waals surface area contributed by atoms with Gasteiger partial charge in [-0.05, 0) is 60.7 Å². The van der Waals surface area contributed by atoms with Crippen LogP contribution >= 0.6 is 23.2 Å². The fraction of sp³-hybridized carbons (Fsp3) is 0.273. The van der Waals surface area contributed by atoms with E-state index in [0.29, 0.717) is 38.5 Å². The number of carbonyl (C=O) groups excluding carboxylic acids is 2. The highest BCUT2D eigenvalue weighted by molar-refractivity contribution is 6.45. The molecule has 1 saturated heterocycles. The molecule has 0 aliphatic carbocycles. The van der Waals surface area contributed by atoms with Crippen LogP contribution in [0.4, 0.5) is 5.69 Å². The number of rotatable bonds is 3. The number of hydrogen-bond acceptors (Lipinski definition) is 3. The third kappa shape index (κ3) is 3.43. The Morgan fingerprint density at radius 3 is 1.93 bits per heavy atom. The molecule has 0 radical (unpaired) electrons. The Balaban J connectivity index is 1.79. The van der Waals surface area contributed by atoms with Crippen LogP contribution in [0.5, 0.6) is 0 Å². The summed E-state index contributed by atoms with van der Waals surface area (Å²) in [7, 11) is 0. The molecule has 4 nitrogen and oxygen atoms in total. The first kappa shape index (κ1) is 19.0. The van der Waals surface area contributed by atoms with Crippen LogP contribution in [-0.4, -0.2) is 29.8 Å². The predicted molar refractivity (Wildman–Crippen MR) is 112 cm³/mol. The molecule has 0 spiro atoms. The molecule has 0 bridgehead atoms. The summed E-state index contributed by atoms with van der Waals surface area (Å²) in [4.78, 5) is 30.0. The number of likely N-dealkylation sites (tertiary alicyclic amines) is 1. The molecule has 2 aliphatic rings. The van der Waals surface area contributed by atoms with Crippen molar-refractivity contribution in [2.75, 3.05) is 18.0 Å². The lowest BCUT2D eigenvalue weighted by Crippen LogP contribution is -2.38. The molecule has 0 N–H and O–H groups in total. The van der Waals surface area contributed by atoms with Gasteiger partial charge < -0.3 is 4.90 Å². The van der Waals surface area contributed by atoms with Gasteiger partial charge in [-0.25, -0.2) is 4.90 Å². The zero-order chi connectivity index (χ0) is 19.8. The summed E-state index contributed by atoms with van der Waals surface area (Å²) in [6, 6.07) is 13.8. The van der Waals surface area contributed by atoms with E-state index >= 15 is 0 Å². The number of piperidine rings is 1. The minimum Gasteiger partial charge on any atom is -0.366 e. The van der Waals surface area contributed by atoms with E-state index in [-0.39, 0.29) is 11.8 Å². The largest absolute Gasteiger partial charge is 0.366 e. The summed E-state index contributed by atoms with van der Waals surface area (Å²) in [5.74, 6) is 0.0190. The monoisotopic (exact) mass is 414 g/mol. The number of halogens is 2. The van der Waals surface area contributed by atoms with E-state index in [0.717, 1.165) is 25.9 Å². The zero-order valence-corrected chi connectivity index (χ0v) is 17.0. The van der Waals surface area contributed by atoms with Gasteiger partial charge in [-0.15, -0.1) is 0 Å². The molecule has 2 amide bonds. The molecule has 0 atom stereocenters. The molecule has 0 aromatic heterocycles. The van der Waals surface area contributed by atoms with Crippen molar-refractivity contribution in [1.29, 1.82) is 0 Å². The van der Waals surface area contributed by atoms with Gasteiger partial charge in [0.2, 0.25) is 0 Å².